The van der Waals surface area contributed by atoms with E-state index in [9.17, 15) is 9.59 Å². The summed E-state index contributed by atoms with van der Waals surface area (Å²) in [4.78, 5) is 21.0. The smallest absolute Gasteiger partial charge is 0.251 e. The van der Waals surface area contributed by atoms with Crippen LogP contribution < -0.4 is 5.32 Å². The molecular weight excluding hydrogens is 154 g/mol. The SMILES string of the molecule is C=C/C=C(\C=C)C(=O)NCC=O. The minimum atomic E-state index is -0.322. The van der Waals surface area contributed by atoms with Crippen molar-refractivity contribution in [2.24, 2.45) is 0 Å². The summed E-state index contributed by atoms with van der Waals surface area (Å²) in [5.74, 6) is -0.322. The van der Waals surface area contributed by atoms with Crippen LogP contribution >= 0.6 is 0 Å². The van der Waals surface area contributed by atoms with Crippen LogP contribution in [0.15, 0.2) is 37.0 Å². The number of carbonyl (C=O) groups is 2. The lowest BCUT2D eigenvalue weighted by atomic mass is 10.2. The molecule has 3 heteroatoms. The molecule has 0 aliphatic heterocycles. The predicted molar refractivity (Wildman–Crippen MR) is 47.6 cm³/mol. The average molecular weight is 165 g/mol. The third kappa shape index (κ3) is 3.51. The van der Waals surface area contributed by atoms with Crippen molar-refractivity contribution < 1.29 is 9.59 Å². The molecule has 0 aliphatic carbocycles. The van der Waals surface area contributed by atoms with E-state index in [1.165, 1.54) is 18.2 Å². The van der Waals surface area contributed by atoms with Gasteiger partial charge in [-0.1, -0.05) is 31.4 Å². The van der Waals surface area contributed by atoms with Gasteiger partial charge in [-0.05, 0) is 0 Å². The molecule has 0 rings (SSSR count). The summed E-state index contributed by atoms with van der Waals surface area (Å²) >= 11 is 0. The summed E-state index contributed by atoms with van der Waals surface area (Å²) in [6.45, 7) is 6.90. The van der Waals surface area contributed by atoms with E-state index in [-0.39, 0.29) is 12.5 Å². The molecule has 0 bridgehead atoms. The van der Waals surface area contributed by atoms with Gasteiger partial charge in [0.15, 0.2) is 0 Å². The van der Waals surface area contributed by atoms with E-state index in [1.54, 1.807) is 0 Å². The zero-order valence-corrected chi connectivity index (χ0v) is 6.75. The Morgan fingerprint density at radius 2 is 2.08 bits per heavy atom. The second kappa shape index (κ2) is 6.09. The molecule has 0 radical (unpaired) electrons. The second-order valence-corrected chi connectivity index (χ2v) is 1.94. The molecule has 0 atom stereocenters. The molecule has 0 saturated carbocycles. The first kappa shape index (κ1) is 10.4. The highest BCUT2D eigenvalue weighted by atomic mass is 16.2. The number of amides is 1. The fourth-order valence-corrected chi connectivity index (χ4v) is 0.600. The van der Waals surface area contributed by atoms with Crippen molar-refractivity contribution >= 4 is 12.2 Å². The van der Waals surface area contributed by atoms with Gasteiger partial charge < -0.3 is 10.1 Å². The molecule has 1 N–H and O–H groups in total. The van der Waals surface area contributed by atoms with Crippen LogP contribution in [0.3, 0.4) is 0 Å². The van der Waals surface area contributed by atoms with Crippen molar-refractivity contribution in [2.45, 2.75) is 0 Å². The Hall–Kier alpha value is -1.64. The zero-order valence-electron chi connectivity index (χ0n) is 6.75. The first-order valence-electron chi connectivity index (χ1n) is 3.43. The number of allylic oxidation sites excluding steroid dienone is 2. The van der Waals surface area contributed by atoms with E-state index in [0.717, 1.165) is 0 Å². The summed E-state index contributed by atoms with van der Waals surface area (Å²) in [5, 5.41) is 2.37. The molecule has 3 nitrogen and oxygen atoms in total. The van der Waals surface area contributed by atoms with E-state index >= 15 is 0 Å². The third-order valence-electron chi connectivity index (χ3n) is 1.13. The standard InChI is InChI=1S/C9H11NO2/c1-3-5-8(4-2)9(12)10-6-7-11/h3-5,7H,1-2,6H2,(H,10,12)/b8-5+. The largest absolute Gasteiger partial charge is 0.345 e. The Labute approximate surface area is 71.5 Å². The van der Waals surface area contributed by atoms with Crippen LogP contribution in [0.2, 0.25) is 0 Å². The van der Waals surface area contributed by atoms with Gasteiger partial charge in [-0.3, -0.25) is 4.79 Å². The first-order valence-corrected chi connectivity index (χ1v) is 3.43. The number of hydrogen-bond donors (Lipinski definition) is 1. The highest BCUT2D eigenvalue weighted by Crippen LogP contribution is 1.94. The molecule has 0 spiro atoms. The number of aldehydes is 1. The molecule has 64 valence electrons. The van der Waals surface area contributed by atoms with E-state index in [1.807, 2.05) is 0 Å². The number of rotatable bonds is 5. The van der Waals surface area contributed by atoms with Gasteiger partial charge in [0.25, 0.3) is 5.91 Å². The van der Waals surface area contributed by atoms with E-state index < -0.39 is 0 Å². The third-order valence-corrected chi connectivity index (χ3v) is 1.13. The number of hydrogen-bond acceptors (Lipinski definition) is 2. The van der Waals surface area contributed by atoms with Gasteiger partial charge in [-0.2, -0.15) is 0 Å². The van der Waals surface area contributed by atoms with Crippen LogP contribution in [0.5, 0.6) is 0 Å². The molecular formula is C9H11NO2. The molecule has 0 aromatic carbocycles. The Morgan fingerprint density at radius 1 is 1.42 bits per heavy atom. The summed E-state index contributed by atoms with van der Waals surface area (Å²) in [7, 11) is 0. The van der Waals surface area contributed by atoms with Crippen molar-refractivity contribution in [1.29, 1.82) is 0 Å². The van der Waals surface area contributed by atoms with Crippen molar-refractivity contribution in [3.63, 3.8) is 0 Å². The average Bonchev–Trinajstić information content (AvgIpc) is 2.10. The molecule has 0 fully saturated rings. The maximum atomic E-state index is 11.1. The lowest BCUT2D eigenvalue weighted by Crippen LogP contribution is -2.25. The van der Waals surface area contributed by atoms with Crippen LogP contribution in [-0.4, -0.2) is 18.7 Å². The summed E-state index contributed by atoms with van der Waals surface area (Å²) in [6, 6.07) is 0. The lowest BCUT2D eigenvalue weighted by Gasteiger charge is -1.99. The van der Waals surface area contributed by atoms with Crippen molar-refractivity contribution in [3.8, 4) is 0 Å². The van der Waals surface area contributed by atoms with Crippen LogP contribution in [0, 0.1) is 0 Å². The molecule has 0 heterocycles. The Kier molecular flexibility index (Phi) is 5.26. The van der Waals surface area contributed by atoms with Crippen LogP contribution in [0.1, 0.15) is 0 Å². The Bertz CT molecular complexity index is 229. The van der Waals surface area contributed by atoms with Gasteiger partial charge in [-0.25, -0.2) is 0 Å². The Morgan fingerprint density at radius 3 is 2.50 bits per heavy atom. The van der Waals surface area contributed by atoms with E-state index in [0.29, 0.717) is 11.9 Å². The fourth-order valence-electron chi connectivity index (χ4n) is 0.600. The molecule has 12 heavy (non-hydrogen) atoms. The topological polar surface area (TPSA) is 46.2 Å². The lowest BCUT2D eigenvalue weighted by molar-refractivity contribution is -0.119. The Balaban J connectivity index is 4.21. The predicted octanol–water partition coefficient (Wildman–Crippen LogP) is 0.600. The summed E-state index contributed by atoms with van der Waals surface area (Å²) in [5.41, 5.74) is 0.395. The minimum Gasteiger partial charge on any atom is -0.345 e. The van der Waals surface area contributed by atoms with Crippen LogP contribution in [-0.2, 0) is 9.59 Å². The van der Waals surface area contributed by atoms with Crippen LogP contribution in [0.25, 0.3) is 0 Å². The molecule has 0 unspecified atom stereocenters. The van der Waals surface area contributed by atoms with Crippen molar-refractivity contribution in [2.75, 3.05) is 6.54 Å². The maximum Gasteiger partial charge on any atom is 0.251 e. The van der Waals surface area contributed by atoms with Crippen molar-refractivity contribution in [1.82, 2.24) is 5.32 Å². The van der Waals surface area contributed by atoms with Gasteiger partial charge in [-0.15, -0.1) is 0 Å². The van der Waals surface area contributed by atoms with Gasteiger partial charge in [0.1, 0.15) is 6.29 Å². The highest BCUT2D eigenvalue weighted by Gasteiger charge is 2.01. The van der Waals surface area contributed by atoms with Crippen LogP contribution in [0.4, 0.5) is 0 Å². The fraction of sp³-hybridized carbons (Fsp3) is 0.111. The van der Waals surface area contributed by atoms with Gasteiger partial charge in [0.2, 0.25) is 0 Å². The summed E-state index contributed by atoms with van der Waals surface area (Å²) < 4.78 is 0. The van der Waals surface area contributed by atoms with E-state index in [2.05, 4.69) is 18.5 Å². The second-order valence-electron chi connectivity index (χ2n) is 1.94. The molecule has 1 amide bonds. The summed E-state index contributed by atoms with van der Waals surface area (Å²) in [6.07, 6.45) is 5.03. The monoisotopic (exact) mass is 165 g/mol. The van der Waals surface area contributed by atoms with Gasteiger partial charge in [0.05, 0.1) is 6.54 Å². The van der Waals surface area contributed by atoms with Crippen molar-refractivity contribution in [3.05, 3.63) is 37.0 Å². The molecule has 0 saturated heterocycles. The number of nitrogens with one attached hydrogen (secondary N) is 1. The van der Waals surface area contributed by atoms with Gasteiger partial charge >= 0.3 is 0 Å². The molecule has 0 aliphatic rings. The van der Waals surface area contributed by atoms with Gasteiger partial charge in [0, 0.05) is 5.57 Å². The maximum absolute atomic E-state index is 11.1. The minimum absolute atomic E-state index is 0.0150. The first-order chi connectivity index (χ1) is 5.76. The quantitative estimate of drug-likeness (QED) is 0.368. The van der Waals surface area contributed by atoms with E-state index in [4.69, 9.17) is 0 Å². The highest BCUT2D eigenvalue weighted by molar-refractivity contribution is 5.97. The number of carbonyl (C=O) groups excluding carboxylic acids is 2. The molecule has 0 aromatic rings. The normalized spacial score (nSPS) is 10.2. The zero-order chi connectivity index (χ0) is 9.40. The molecule has 0 aromatic heterocycles.